The standard InChI is InChI=1S/C26H30N4O3S/c1-25(2,3)16-13-20(26(4,5)6)24(31)23(14-16)30-28-21-12-11-19(15-22(21)29-30)34(32,33)18-9-7-17(27)8-10-18/h7-15,31H,27H2,1-6H3. The number of nitrogen functional groups attached to an aromatic ring is 1. The van der Waals surface area contributed by atoms with Gasteiger partial charge in [-0.25, -0.2) is 8.42 Å². The maximum Gasteiger partial charge on any atom is 0.206 e. The fourth-order valence-corrected chi connectivity index (χ4v) is 5.01. The van der Waals surface area contributed by atoms with Gasteiger partial charge in [-0.1, -0.05) is 47.6 Å². The van der Waals surface area contributed by atoms with E-state index >= 15 is 0 Å². The molecule has 0 saturated carbocycles. The van der Waals surface area contributed by atoms with E-state index in [2.05, 4.69) is 31.0 Å². The van der Waals surface area contributed by atoms with Gasteiger partial charge in [-0.15, -0.1) is 15.0 Å². The number of aromatic nitrogens is 3. The van der Waals surface area contributed by atoms with E-state index in [-0.39, 0.29) is 26.4 Å². The van der Waals surface area contributed by atoms with Crippen LogP contribution in [0.3, 0.4) is 0 Å². The number of phenols is 1. The lowest BCUT2D eigenvalue weighted by atomic mass is 9.80. The van der Waals surface area contributed by atoms with Crippen molar-refractivity contribution in [3.8, 4) is 11.4 Å². The normalized spacial score (nSPS) is 12.9. The van der Waals surface area contributed by atoms with Gasteiger partial charge in [0.05, 0.1) is 9.79 Å². The maximum absolute atomic E-state index is 13.1. The Hall–Kier alpha value is -3.39. The number of nitrogens with zero attached hydrogens (tertiary/aromatic N) is 3. The molecule has 1 heterocycles. The summed E-state index contributed by atoms with van der Waals surface area (Å²) in [6.07, 6.45) is 0. The summed E-state index contributed by atoms with van der Waals surface area (Å²) in [4.78, 5) is 1.64. The second-order valence-corrected chi connectivity index (χ2v) is 12.6. The monoisotopic (exact) mass is 478 g/mol. The molecule has 0 fully saturated rings. The van der Waals surface area contributed by atoms with Crippen LogP contribution in [0, 0.1) is 0 Å². The average molecular weight is 479 g/mol. The molecule has 0 radical (unpaired) electrons. The number of benzene rings is 3. The highest BCUT2D eigenvalue weighted by Crippen LogP contribution is 2.39. The van der Waals surface area contributed by atoms with Crippen LogP contribution in [0.2, 0.25) is 0 Å². The van der Waals surface area contributed by atoms with Gasteiger partial charge in [0, 0.05) is 11.3 Å². The Kier molecular flexibility index (Phi) is 5.48. The highest BCUT2D eigenvalue weighted by atomic mass is 32.2. The van der Waals surface area contributed by atoms with Crippen molar-refractivity contribution in [2.24, 2.45) is 0 Å². The zero-order valence-corrected chi connectivity index (χ0v) is 21.1. The van der Waals surface area contributed by atoms with E-state index in [9.17, 15) is 13.5 Å². The first-order valence-corrected chi connectivity index (χ1v) is 12.5. The third kappa shape index (κ3) is 4.25. The fraction of sp³-hybridized carbons (Fsp3) is 0.308. The van der Waals surface area contributed by atoms with Crippen molar-refractivity contribution in [2.75, 3.05) is 5.73 Å². The number of hydrogen-bond acceptors (Lipinski definition) is 6. The number of aromatic hydroxyl groups is 1. The molecule has 0 spiro atoms. The van der Waals surface area contributed by atoms with Crippen LogP contribution in [0.1, 0.15) is 52.7 Å². The van der Waals surface area contributed by atoms with Gasteiger partial charge in [0.1, 0.15) is 22.5 Å². The van der Waals surface area contributed by atoms with Crippen LogP contribution >= 0.6 is 0 Å². The lowest BCUT2D eigenvalue weighted by Crippen LogP contribution is -2.18. The number of hydrogen-bond donors (Lipinski definition) is 2. The van der Waals surface area contributed by atoms with Gasteiger partial charge in [0.15, 0.2) is 0 Å². The SMILES string of the molecule is CC(C)(C)c1cc(-n2nc3ccc(S(=O)(=O)c4ccc(N)cc4)cc3n2)c(O)c(C(C)(C)C)c1. The molecule has 4 rings (SSSR count). The van der Waals surface area contributed by atoms with Crippen LogP contribution in [-0.2, 0) is 20.7 Å². The summed E-state index contributed by atoms with van der Waals surface area (Å²) >= 11 is 0. The van der Waals surface area contributed by atoms with Gasteiger partial charge in [0.2, 0.25) is 9.84 Å². The van der Waals surface area contributed by atoms with Crippen molar-refractivity contribution in [1.29, 1.82) is 0 Å². The van der Waals surface area contributed by atoms with Gasteiger partial charge < -0.3 is 10.8 Å². The Balaban J connectivity index is 1.87. The molecular formula is C26H30N4O3S. The molecule has 4 aromatic rings. The predicted octanol–water partition coefficient (Wildman–Crippen LogP) is 5.14. The lowest BCUT2D eigenvalue weighted by molar-refractivity contribution is 0.438. The third-order valence-corrected chi connectivity index (χ3v) is 7.60. The van der Waals surface area contributed by atoms with E-state index in [0.29, 0.717) is 22.4 Å². The predicted molar refractivity (Wildman–Crippen MR) is 134 cm³/mol. The maximum atomic E-state index is 13.1. The number of nitrogens with two attached hydrogens (primary N) is 1. The molecule has 0 amide bonds. The second-order valence-electron chi connectivity index (χ2n) is 10.6. The summed E-state index contributed by atoms with van der Waals surface area (Å²) < 4.78 is 26.2. The van der Waals surface area contributed by atoms with Crippen molar-refractivity contribution in [3.05, 3.63) is 65.7 Å². The second kappa shape index (κ2) is 7.84. The van der Waals surface area contributed by atoms with Crippen LogP contribution < -0.4 is 5.73 Å². The molecule has 34 heavy (non-hydrogen) atoms. The molecule has 0 aliphatic heterocycles. The van der Waals surface area contributed by atoms with E-state index in [4.69, 9.17) is 5.73 Å². The summed E-state index contributed by atoms with van der Waals surface area (Å²) in [5.41, 5.74) is 8.95. The Morgan fingerprint density at radius 3 is 1.97 bits per heavy atom. The smallest absolute Gasteiger partial charge is 0.206 e. The van der Waals surface area contributed by atoms with Gasteiger partial charge in [-0.3, -0.25) is 0 Å². The molecule has 7 nitrogen and oxygen atoms in total. The molecule has 0 atom stereocenters. The molecule has 3 N–H and O–H groups in total. The first-order valence-electron chi connectivity index (χ1n) is 11.0. The number of phenolic OH excluding ortho intramolecular Hbond substituents is 1. The highest BCUT2D eigenvalue weighted by Gasteiger charge is 2.27. The minimum absolute atomic E-state index is 0.107. The van der Waals surface area contributed by atoms with Crippen molar-refractivity contribution in [2.45, 2.75) is 62.2 Å². The Bertz CT molecular complexity index is 1490. The Morgan fingerprint density at radius 2 is 1.38 bits per heavy atom. The highest BCUT2D eigenvalue weighted by molar-refractivity contribution is 7.91. The molecule has 8 heteroatoms. The van der Waals surface area contributed by atoms with E-state index in [0.717, 1.165) is 11.1 Å². The number of anilines is 1. The van der Waals surface area contributed by atoms with Crippen molar-refractivity contribution in [1.82, 2.24) is 15.0 Å². The fourth-order valence-electron chi connectivity index (χ4n) is 3.73. The largest absolute Gasteiger partial charge is 0.505 e. The van der Waals surface area contributed by atoms with Crippen LogP contribution in [0.25, 0.3) is 16.7 Å². The van der Waals surface area contributed by atoms with Crippen LogP contribution in [0.5, 0.6) is 5.75 Å². The minimum atomic E-state index is -3.74. The summed E-state index contributed by atoms with van der Waals surface area (Å²) in [5.74, 6) is 0.107. The van der Waals surface area contributed by atoms with Crippen LogP contribution in [0.15, 0.2) is 64.4 Å². The molecule has 0 unspecified atom stereocenters. The van der Waals surface area contributed by atoms with Gasteiger partial charge in [-0.2, -0.15) is 0 Å². The van der Waals surface area contributed by atoms with E-state index in [1.165, 1.54) is 29.1 Å². The van der Waals surface area contributed by atoms with E-state index in [1.807, 2.05) is 32.9 Å². The molecule has 178 valence electrons. The summed E-state index contributed by atoms with van der Waals surface area (Å²) in [6, 6.07) is 14.6. The van der Waals surface area contributed by atoms with Crippen molar-refractivity contribution >= 4 is 26.6 Å². The molecule has 3 aromatic carbocycles. The summed E-state index contributed by atoms with van der Waals surface area (Å²) in [7, 11) is -3.74. The number of rotatable bonds is 3. The average Bonchev–Trinajstić information content (AvgIpc) is 3.15. The zero-order valence-electron chi connectivity index (χ0n) is 20.3. The summed E-state index contributed by atoms with van der Waals surface area (Å²) in [5, 5.41) is 20.2. The quantitative estimate of drug-likeness (QED) is 0.395. The van der Waals surface area contributed by atoms with E-state index < -0.39 is 9.84 Å². The number of fused-ring (bicyclic) bond motifs is 1. The van der Waals surface area contributed by atoms with Crippen molar-refractivity contribution in [3.63, 3.8) is 0 Å². The Morgan fingerprint density at radius 1 is 0.794 bits per heavy atom. The van der Waals surface area contributed by atoms with Crippen LogP contribution in [-0.4, -0.2) is 28.5 Å². The molecule has 0 aliphatic rings. The number of sulfone groups is 1. The topological polar surface area (TPSA) is 111 Å². The Labute approximate surface area is 200 Å². The van der Waals surface area contributed by atoms with Gasteiger partial charge in [0.25, 0.3) is 0 Å². The molecular weight excluding hydrogens is 448 g/mol. The molecule has 1 aromatic heterocycles. The lowest BCUT2D eigenvalue weighted by Gasteiger charge is -2.27. The van der Waals surface area contributed by atoms with Crippen LogP contribution in [0.4, 0.5) is 5.69 Å². The first kappa shape index (κ1) is 23.8. The molecule has 0 saturated heterocycles. The molecule has 0 bridgehead atoms. The van der Waals surface area contributed by atoms with Gasteiger partial charge in [-0.05, 0) is 64.9 Å². The van der Waals surface area contributed by atoms with Gasteiger partial charge >= 0.3 is 0 Å². The molecule has 0 aliphatic carbocycles. The first-order chi connectivity index (χ1) is 15.7. The summed E-state index contributed by atoms with van der Waals surface area (Å²) in [6.45, 7) is 12.4. The van der Waals surface area contributed by atoms with Crippen molar-refractivity contribution < 1.29 is 13.5 Å². The minimum Gasteiger partial charge on any atom is -0.505 e. The third-order valence-electron chi connectivity index (χ3n) is 5.83. The zero-order chi connectivity index (χ0) is 25.1. The van der Waals surface area contributed by atoms with E-state index in [1.54, 1.807) is 18.2 Å².